The van der Waals surface area contributed by atoms with E-state index in [0.717, 1.165) is 12.1 Å². The summed E-state index contributed by atoms with van der Waals surface area (Å²) >= 11 is 0. The maximum absolute atomic E-state index is 12.2. The minimum absolute atomic E-state index is 0.350. The number of amides is 1. The van der Waals surface area contributed by atoms with E-state index >= 15 is 0 Å². The van der Waals surface area contributed by atoms with Crippen molar-refractivity contribution in [3.63, 3.8) is 0 Å². The zero-order valence-electron chi connectivity index (χ0n) is 11.4. The summed E-state index contributed by atoms with van der Waals surface area (Å²) in [7, 11) is 3.16. The van der Waals surface area contributed by atoms with Gasteiger partial charge in [-0.15, -0.1) is 0 Å². The van der Waals surface area contributed by atoms with Gasteiger partial charge in [0.15, 0.2) is 0 Å². The van der Waals surface area contributed by atoms with Crippen molar-refractivity contribution in [2.45, 2.75) is 32.7 Å². The van der Waals surface area contributed by atoms with Gasteiger partial charge >= 0.3 is 5.97 Å². The SMILES string of the molecule is CCc1cc(C(=O)N(C)C(C)(C)C(=O)O)n(C)n1. The fourth-order valence-electron chi connectivity index (χ4n) is 1.47. The second kappa shape index (κ2) is 4.80. The highest BCUT2D eigenvalue weighted by atomic mass is 16.4. The highest BCUT2D eigenvalue weighted by Gasteiger charge is 2.36. The molecule has 1 aromatic rings. The summed E-state index contributed by atoms with van der Waals surface area (Å²) in [6, 6.07) is 1.69. The fraction of sp³-hybridized carbons (Fsp3) is 0.583. The maximum Gasteiger partial charge on any atom is 0.329 e. The van der Waals surface area contributed by atoms with Crippen molar-refractivity contribution in [2.75, 3.05) is 7.05 Å². The van der Waals surface area contributed by atoms with Gasteiger partial charge in [-0.3, -0.25) is 9.48 Å². The molecule has 18 heavy (non-hydrogen) atoms. The van der Waals surface area contributed by atoms with Crippen LogP contribution < -0.4 is 0 Å². The number of carbonyl (C=O) groups is 2. The molecule has 1 amide bonds. The van der Waals surface area contributed by atoms with Crippen LogP contribution in [0.4, 0.5) is 0 Å². The van der Waals surface area contributed by atoms with Crippen LogP contribution in [0.1, 0.15) is 37.0 Å². The molecule has 0 saturated heterocycles. The molecule has 0 aromatic carbocycles. The van der Waals surface area contributed by atoms with Gasteiger partial charge in [0, 0.05) is 14.1 Å². The van der Waals surface area contributed by atoms with E-state index < -0.39 is 11.5 Å². The lowest BCUT2D eigenvalue weighted by atomic mass is 10.0. The van der Waals surface area contributed by atoms with Gasteiger partial charge in [-0.25, -0.2) is 4.79 Å². The van der Waals surface area contributed by atoms with Crippen molar-refractivity contribution in [2.24, 2.45) is 7.05 Å². The molecule has 0 saturated carbocycles. The number of aromatic nitrogens is 2. The summed E-state index contributed by atoms with van der Waals surface area (Å²) < 4.78 is 1.48. The van der Waals surface area contributed by atoms with Crippen molar-refractivity contribution in [3.05, 3.63) is 17.5 Å². The molecule has 6 nitrogen and oxygen atoms in total. The zero-order valence-corrected chi connectivity index (χ0v) is 11.4. The van der Waals surface area contributed by atoms with Gasteiger partial charge in [0.25, 0.3) is 5.91 Å². The lowest BCUT2D eigenvalue weighted by molar-refractivity contribution is -0.147. The molecule has 1 aromatic heterocycles. The highest BCUT2D eigenvalue weighted by molar-refractivity contribution is 5.96. The maximum atomic E-state index is 12.2. The molecule has 0 radical (unpaired) electrons. The molecule has 6 heteroatoms. The van der Waals surface area contributed by atoms with Crippen molar-refractivity contribution in [1.82, 2.24) is 14.7 Å². The monoisotopic (exact) mass is 253 g/mol. The highest BCUT2D eigenvalue weighted by Crippen LogP contribution is 2.16. The number of nitrogens with zero attached hydrogens (tertiary/aromatic N) is 3. The molecule has 0 aliphatic rings. The van der Waals surface area contributed by atoms with Crippen LogP contribution in [0.25, 0.3) is 0 Å². The largest absolute Gasteiger partial charge is 0.480 e. The van der Waals surface area contributed by atoms with Gasteiger partial charge in [-0.1, -0.05) is 6.92 Å². The molecule has 0 aliphatic heterocycles. The predicted molar refractivity (Wildman–Crippen MR) is 66.4 cm³/mol. The minimum atomic E-state index is -1.26. The number of likely N-dealkylation sites (N-methyl/N-ethyl adjacent to an activating group) is 1. The first-order chi connectivity index (χ1) is 8.21. The third kappa shape index (κ3) is 2.37. The molecular weight excluding hydrogens is 234 g/mol. The van der Waals surface area contributed by atoms with E-state index in [4.69, 9.17) is 5.11 Å². The summed E-state index contributed by atoms with van der Waals surface area (Å²) in [5.74, 6) is -1.40. The van der Waals surface area contributed by atoms with Crippen molar-refractivity contribution < 1.29 is 14.7 Å². The number of rotatable bonds is 4. The Balaban J connectivity index is 3.07. The van der Waals surface area contributed by atoms with Gasteiger partial charge < -0.3 is 10.0 Å². The smallest absolute Gasteiger partial charge is 0.329 e. The topological polar surface area (TPSA) is 75.4 Å². The third-order valence-electron chi connectivity index (χ3n) is 3.18. The number of carboxylic acids is 1. The van der Waals surface area contributed by atoms with Gasteiger partial charge in [0.05, 0.1) is 5.69 Å². The summed E-state index contributed by atoms with van der Waals surface area (Å²) in [5, 5.41) is 13.3. The quantitative estimate of drug-likeness (QED) is 0.865. The number of aryl methyl sites for hydroxylation is 2. The van der Waals surface area contributed by atoms with Gasteiger partial charge in [0.1, 0.15) is 11.2 Å². The van der Waals surface area contributed by atoms with E-state index in [1.807, 2.05) is 6.92 Å². The fourth-order valence-corrected chi connectivity index (χ4v) is 1.47. The Hall–Kier alpha value is -1.85. The average molecular weight is 253 g/mol. The molecule has 0 fully saturated rings. The van der Waals surface area contributed by atoms with E-state index in [-0.39, 0.29) is 5.91 Å². The lowest BCUT2D eigenvalue weighted by Gasteiger charge is -2.31. The second-order valence-corrected chi connectivity index (χ2v) is 4.73. The van der Waals surface area contributed by atoms with E-state index in [2.05, 4.69) is 5.10 Å². The minimum Gasteiger partial charge on any atom is -0.480 e. The average Bonchev–Trinajstić information content (AvgIpc) is 2.68. The summed E-state index contributed by atoms with van der Waals surface area (Å²) in [6.45, 7) is 4.93. The Bertz CT molecular complexity index is 477. The molecule has 100 valence electrons. The molecule has 0 unspecified atom stereocenters. The molecule has 0 bridgehead atoms. The van der Waals surface area contributed by atoms with Crippen molar-refractivity contribution >= 4 is 11.9 Å². The summed E-state index contributed by atoms with van der Waals surface area (Å²) in [4.78, 5) is 24.6. The number of hydrogen-bond donors (Lipinski definition) is 1. The van der Waals surface area contributed by atoms with Crippen LogP contribution in [0.2, 0.25) is 0 Å². The molecular formula is C12H19N3O3. The summed E-state index contributed by atoms with van der Waals surface area (Å²) in [5.41, 5.74) is -0.0562. The predicted octanol–water partition coefficient (Wildman–Crippen LogP) is 0.918. The van der Waals surface area contributed by atoms with Crippen LogP contribution in [-0.2, 0) is 18.3 Å². The van der Waals surface area contributed by atoms with Crippen LogP contribution in [0, 0.1) is 0 Å². The van der Waals surface area contributed by atoms with Gasteiger partial charge in [-0.05, 0) is 26.3 Å². The normalized spacial score (nSPS) is 11.4. The van der Waals surface area contributed by atoms with E-state index in [0.29, 0.717) is 5.69 Å². The molecule has 1 N–H and O–H groups in total. The van der Waals surface area contributed by atoms with Gasteiger partial charge in [-0.2, -0.15) is 5.10 Å². The number of carboxylic acid groups (broad SMARTS) is 1. The summed E-state index contributed by atoms with van der Waals surface area (Å²) in [6.07, 6.45) is 0.729. The van der Waals surface area contributed by atoms with E-state index in [1.54, 1.807) is 13.1 Å². The number of hydrogen-bond acceptors (Lipinski definition) is 3. The van der Waals surface area contributed by atoms with Crippen LogP contribution in [0.3, 0.4) is 0 Å². The van der Waals surface area contributed by atoms with E-state index in [1.165, 1.54) is 30.5 Å². The first kappa shape index (κ1) is 14.2. The van der Waals surface area contributed by atoms with Crippen LogP contribution in [0.15, 0.2) is 6.07 Å². The molecule has 0 spiro atoms. The van der Waals surface area contributed by atoms with Gasteiger partial charge in [0.2, 0.25) is 0 Å². The van der Waals surface area contributed by atoms with Crippen LogP contribution in [-0.4, -0.2) is 44.3 Å². The van der Waals surface area contributed by atoms with Crippen molar-refractivity contribution in [1.29, 1.82) is 0 Å². The Labute approximate surface area is 106 Å². The Morgan fingerprint density at radius 3 is 2.44 bits per heavy atom. The first-order valence-electron chi connectivity index (χ1n) is 5.76. The van der Waals surface area contributed by atoms with Crippen LogP contribution in [0.5, 0.6) is 0 Å². The molecule has 0 aliphatic carbocycles. The standard InChI is InChI=1S/C12H19N3O3/c1-6-8-7-9(15(5)13-8)10(16)14(4)12(2,3)11(17)18/h7H,6H2,1-5H3,(H,17,18). The van der Waals surface area contributed by atoms with E-state index in [9.17, 15) is 9.59 Å². The third-order valence-corrected chi connectivity index (χ3v) is 3.18. The lowest BCUT2D eigenvalue weighted by Crippen LogP contribution is -2.51. The number of aliphatic carboxylic acids is 1. The Morgan fingerprint density at radius 1 is 1.50 bits per heavy atom. The Kier molecular flexibility index (Phi) is 3.79. The Morgan fingerprint density at radius 2 is 2.06 bits per heavy atom. The van der Waals surface area contributed by atoms with Crippen LogP contribution >= 0.6 is 0 Å². The molecule has 1 heterocycles. The zero-order chi connectivity index (χ0) is 14.1. The second-order valence-electron chi connectivity index (χ2n) is 4.73. The molecule has 0 atom stereocenters. The molecule has 1 rings (SSSR count). The first-order valence-corrected chi connectivity index (χ1v) is 5.76. The number of carbonyl (C=O) groups excluding carboxylic acids is 1. The van der Waals surface area contributed by atoms with Crippen molar-refractivity contribution in [3.8, 4) is 0 Å².